The third-order valence-electron chi connectivity index (χ3n) is 12.1. The fourth-order valence-electron chi connectivity index (χ4n) is 7.94. The van der Waals surface area contributed by atoms with Gasteiger partial charge in [0.05, 0.1) is 73.1 Å². The van der Waals surface area contributed by atoms with Gasteiger partial charge >= 0.3 is 29.8 Å². The Labute approximate surface area is 449 Å². The highest BCUT2D eigenvalue weighted by molar-refractivity contribution is 5.91. The van der Waals surface area contributed by atoms with Crippen LogP contribution in [0.4, 0.5) is 11.4 Å². The molecule has 0 aliphatic rings. The number of carbonyl (C=O) groups excluding carboxylic acids is 5. The molecule has 4 rings (SSSR count). The third-order valence-corrected chi connectivity index (χ3v) is 12.1. The Morgan fingerprint density at radius 1 is 0.632 bits per heavy atom. The first-order chi connectivity index (χ1) is 36.3. The van der Waals surface area contributed by atoms with Gasteiger partial charge in [0, 0.05) is 12.5 Å². The number of nitriles is 1. The Morgan fingerprint density at radius 3 is 1.86 bits per heavy atom. The third kappa shape index (κ3) is 23.1. The molecule has 0 spiro atoms. The first kappa shape index (κ1) is 61.2. The molecule has 15 heteroatoms. The summed E-state index contributed by atoms with van der Waals surface area (Å²) in [5.74, 6) is -0.262. The number of azo groups is 1. The first-order valence-corrected chi connectivity index (χ1v) is 26.4. The lowest BCUT2D eigenvalue weighted by atomic mass is 9.72. The van der Waals surface area contributed by atoms with Crippen molar-refractivity contribution in [2.24, 2.45) is 21.1 Å². The summed E-state index contributed by atoms with van der Waals surface area (Å²) in [6.45, 7) is 16.2. The zero-order valence-corrected chi connectivity index (χ0v) is 45.8. The molecule has 408 valence electrons. The van der Waals surface area contributed by atoms with Gasteiger partial charge < -0.3 is 33.2 Å². The summed E-state index contributed by atoms with van der Waals surface area (Å²) in [5.41, 5.74) is 1.62. The number of hydrogen-bond acceptors (Lipinski definition) is 15. The Bertz CT molecular complexity index is 2590. The van der Waals surface area contributed by atoms with E-state index in [1.165, 1.54) is 6.08 Å². The van der Waals surface area contributed by atoms with E-state index in [0.717, 1.165) is 68.1 Å². The minimum atomic E-state index is -0.873. The molecule has 0 amide bonds. The van der Waals surface area contributed by atoms with Crippen molar-refractivity contribution in [3.63, 3.8) is 0 Å². The fourth-order valence-corrected chi connectivity index (χ4v) is 7.94. The van der Waals surface area contributed by atoms with Crippen molar-refractivity contribution in [3.05, 3.63) is 119 Å². The number of carbonyl (C=O) groups is 5. The second-order valence-electron chi connectivity index (χ2n) is 20.6. The molecular formula is C61H77N3O12. The fraction of sp³-hybridized carbons (Fsp3) is 0.475. The van der Waals surface area contributed by atoms with E-state index in [0.29, 0.717) is 73.3 Å². The summed E-state index contributed by atoms with van der Waals surface area (Å²) in [6.07, 6.45) is 12.5. The smallest absolute Gasteiger partial charge is 0.343 e. The van der Waals surface area contributed by atoms with Crippen molar-refractivity contribution in [2.45, 2.75) is 144 Å². The highest BCUT2D eigenvalue weighted by Gasteiger charge is 2.43. The van der Waals surface area contributed by atoms with Crippen LogP contribution < -0.4 is 14.2 Å². The van der Waals surface area contributed by atoms with Crippen molar-refractivity contribution in [1.82, 2.24) is 0 Å². The SMILES string of the molecule is CCC(C)(CC(C)(C)C(=O)OCCCCCCCCCCOc1ccc(C(=O)Oc2ccc(/C=C/C(=O)OCCC#N)cc2C)cc1)C(=O)OCCCOc1ccc(N=Nc2cccc(CC(=O)OC(C)(C)C)c2)cc1. The summed E-state index contributed by atoms with van der Waals surface area (Å²) < 4.78 is 39.1. The Morgan fingerprint density at radius 2 is 1.22 bits per heavy atom. The van der Waals surface area contributed by atoms with Crippen LogP contribution in [0.25, 0.3) is 6.08 Å². The molecule has 0 N–H and O–H groups in total. The van der Waals surface area contributed by atoms with Gasteiger partial charge in [0.1, 0.15) is 29.5 Å². The van der Waals surface area contributed by atoms with Crippen LogP contribution in [0.5, 0.6) is 17.2 Å². The van der Waals surface area contributed by atoms with Crippen molar-refractivity contribution >= 4 is 47.3 Å². The summed E-state index contributed by atoms with van der Waals surface area (Å²) in [4.78, 5) is 63.3. The molecule has 0 fully saturated rings. The van der Waals surface area contributed by atoms with Crippen molar-refractivity contribution in [1.29, 1.82) is 5.26 Å². The van der Waals surface area contributed by atoms with E-state index in [4.69, 9.17) is 38.4 Å². The van der Waals surface area contributed by atoms with Crippen LogP contribution in [0.1, 0.15) is 153 Å². The maximum Gasteiger partial charge on any atom is 0.343 e. The molecule has 4 aromatic rings. The molecule has 0 saturated heterocycles. The quantitative estimate of drug-likeness (QED) is 0.0112. The van der Waals surface area contributed by atoms with E-state index < -0.39 is 28.4 Å². The van der Waals surface area contributed by atoms with Crippen molar-refractivity contribution in [3.8, 4) is 23.3 Å². The van der Waals surface area contributed by atoms with E-state index >= 15 is 0 Å². The molecular weight excluding hydrogens is 967 g/mol. The van der Waals surface area contributed by atoms with E-state index in [9.17, 15) is 24.0 Å². The first-order valence-electron chi connectivity index (χ1n) is 26.4. The molecule has 0 aliphatic heterocycles. The van der Waals surface area contributed by atoms with Gasteiger partial charge in [-0.25, -0.2) is 9.59 Å². The van der Waals surface area contributed by atoms with Crippen LogP contribution in [-0.2, 0) is 44.5 Å². The summed E-state index contributed by atoms with van der Waals surface area (Å²) in [6, 6.07) is 28.4. The Balaban J connectivity index is 1.02. The Kier molecular flexibility index (Phi) is 25.4. The number of hydrogen-bond donors (Lipinski definition) is 0. The van der Waals surface area contributed by atoms with E-state index in [2.05, 4.69) is 10.2 Å². The summed E-state index contributed by atoms with van der Waals surface area (Å²) >= 11 is 0. The zero-order chi connectivity index (χ0) is 55.4. The molecule has 15 nitrogen and oxygen atoms in total. The molecule has 0 aromatic heterocycles. The number of nitrogens with zero attached hydrogens (tertiary/aromatic N) is 3. The lowest BCUT2D eigenvalue weighted by Crippen LogP contribution is -2.39. The number of benzene rings is 4. The minimum absolute atomic E-state index is 0.0427. The summed E-state index contributed by atoms with van der Waals surface area (Å²) in [7, 11) is 0. The largest absolute Gasteiger partial charge is 0.494 e. The van der Waals surface area contributed by atoms with E-state index in [1.807, 2.05) is 79.7 Å². The number of aryl methyl sites for hydroxylation is 1. The van der Waals surface area contributed by atoms with E-state index in [-0.39, 0.29) is 44.0 Å². The maximum absolute atomic E-state index is 13.3. The molecule has 0 saturated carbocycles. The highest BCUT2D eigenvalue weighted by Crippen LogP contribution is 2.39. The van der Waals surface area contributed by atoms with Crippen LogP contribution in [0.15, 0.2) is 107 Å². The van der Waals surface area contributed by atoms with Crippen molar-refractivity contribution < 1.29 is 57.1 Å². The topological polar surface area (TPSA) is 198 Å². The molecule has 76 heavy (non-hydrogen) atoms. The van der Waals surface area contributed by atoms with Crippen LogP contribution in [-0.4, -0.2) is 68.5 Å². The van der Waals surface area contributed by atoms with Gasteiger partial charge in [-0.3, -0.25) is 14.4 Å². The lowest BCUT2D eigenvalue weighted by Gasteiger charge is -2.33. The average Bonchev–Trinajstić information content (AvgIpc) is 3.38. The number of ether oxygens (including phenoxy) is 7. The van der Waals surface area contributed by atoms with Crippen LogP contribution in [0.3, 0.4) is 0 Å². The van der Waals surface area contributed by atoms with Crippen LogP contribution >= 0.6 is 0 Å². The van der Waals surface area contributed by atoms with Crippen molar-refractivity contribution in [2.75, 3.05) is 33.0 Å². The van der Waals surface area contributed by atoms with Gasteiger partial charge in [-0.15, -0.1) is 0 Å². The van der Waals surface area contributed by atoms with Crippen LogP contribution in [0, 0.1) is 29.1 Å². The minimum Gasteiger partial charge on any atom is -0.494 e. The molecule has 0 heterocycles. The van der Waals surface area contributed by atoms with Gasteiger partial charge in [-0.2, -0.15) is 15.5 Å². The second kappa shape index (κ2) is 31.5. The van der Waals surface area contributed by atoms with Gasteiger partial charge in [-0.1, -0.05) is 63.6 Å². The molecule has 4 aromatic carbocycles. The maximum atomic E-state index is 13.3. The number of esters is 5. The second-order valence-corrected chi connectivity index (χ2v) is 20.6. The standard InChI is InChI=1S/C61H77N3O12/c1-9-61(8,58(69)74-40-20-39-71-52-31-27-49(28-32-52)63-64-50-22-18-21-47(42-50)43-55(66)76-59(3,4)5)44-60(6,7)57(68)73-37-17-15-13-11-10-12-14-16-36-70-51-29-25-48(26-30-51)56(67)75-53-33-23-46(41-45(53)2)24-34-54(65)72-38-19-35-62/h18,21-34,41-42H,9-17,19-20,36-40,43-44H2,1-8H3/b34-24+,64-63?. The molecule has 0 aliphatic carbocycles. The number of rotatable bonds is 32. The predicted octanol–water partition coefficient (Wildman–Crippen LogP) is 13.9. The highest BCUT2D eigenvalue weighted by atomic mass is 16.6. The normalized spacial score (nSPS) is 12.4. The van der Waals surface area contributed by atoms with E-state index in [1.54, 1.807) is 78.9 Å². The predicted molar refractivity (Wildman–Crippen MR) is 291 cm³/mol. The number of unbranched alkanes of at least 4 members (excludes halogenated alkanes) is 7. The Hall–Kier alpha value is -7.34. The summed E-state index contributed by atoms with van der Waals surface area (Å²) in [5, 5.41) is 17.2. The lowest BCUT2D eigenvalue weighted by molar-refractivity contribution is -0.163. The van der Waals surface area contributed by atoms with Gasteiger partial charge in [-0.05, 0) is 170 Å². The molecule has 0 bridgehead atoms. The van der Waals surface area contributed by atoms with Gasteiger partial charge in [0.2, 0.25) is 0 Å². The van der Waals surface area contributed by atoms with Gasteiger partial charge in [0.15, 0.2) is 0 Å². The molecule has 0 radical (unpaired) electrons. The van der Waals surface area contributed by atoms with Crippen LogP contribution in [0.2, 0.25) is 0 Å². The van der Waals surface area contributed by atoms with Gasteiger partial charge in [0.25, 0.3) is 0 Å². The average molecular weight is 1040 g/mol. The molecule has 1 atom stereocenters. The zero-order valence-electron chi connectivity index (χ0n) is 45.8. The molecule has 1 unspecified atom stereocenters. The monoisotopic (exact) mass is 1040 g/mol.